The zero-order chi connectivity index (χ0) is 12.3. The molecule has 0 saturated heterocycles. The predicted molar refractivity (Wildman–Crippen MR) is 62.6 cm³/mol. The molecular formula is C13H14O3. The van der Waals surface area contributed by atoms with Gasteiger partial charge in [0.1, 0.15) is 0 Å². The minimum Gasteiger partial charge on any atom is -0.478 e. The first-order valence-electron chi connectivity index (χ1n) is 4.93. The summed E-state index contributed by atoms with van der Waals surface area (Å²) in [4.78, 5) is 21.5. The lowest BCUT2D eigenvalue weighted by atomic mass is 9.99. The van der Waals surface area contributed by atoms with Crippen LogP contribution in [0, 0.1) is 13.8 Å². The lowest BCUT2D eigenvalue weighted by molar-refractivity contribution is -0.132. The standard InChI is InChI=1S/C13H14O3/c1-8-4-11(6-10(3)13(15)16)5-9(2)12(8)7-14/h4-7H,1-3H3,(H,15,16)/b10-6+. The highest BCUT2D eigenvalue weighted by Gasteiger charge is 2.05. The van der Waals surface area contributed by atoms with E-state index in [0.717, 1.165) is 23.0 Å². The molecule has 1 N–H and O–H groups in total. The summed E-state index contributed by atoms with van der Waals surface area (Å²) in [7, 11) is 0. The van der Waals surface area contributed by atoms with E-state index in [-0.39, 0.29) is 5.57 Å². The Hall–Kier alpha value is -1.90. The molecule has 0 aliphatic rings. The van der Waals surface area contributed by atoms with Gasteiger partial charge in [-0.25, -0.2) is 4.79 Å². The average molecular weight is 218 g/mol. The summed E-state index contributed by atoms with van der Waals surface area (Å²) in [5.41, 5.74) is 3.47. The third-order valence-electron chi connectivity index (χ3n) is 2.45. The van der Waals surface area contributed by atoms with Crippen molar-refractivity contribution in [3.8, 4) is 0 Å². The second-order valence-corrected chi connectivity index (χ2v) is 3.82. The third-order valence-corrected chi connectivity index (χ3v) is 2.45. The zero-order valence-electron chi connectivity index (χ0n) is 9.57. The second-order valence-electron chi connectivity index (χ2n) is 3.82. The zero-order valence-corrected chi connectivity index (χ0v) is 9.57. The van der Waals surface area contributed by atoms with E-state index in [1.807, 2.05) is 26.0 Å². The van der Waals surface area contributed by atoms with Crippen LogP contribution in [0.15, 0.2) is 17.7 Å². The van der Waals surface area contributed by atoms with Crippen molar-refractivity contribution in [1.82, 2.24) is 0 Å². The molecule has 16 heavy (non-hydrogen) atoms. The van der Waals surface area contributed by atoms with Crippen LogP contribution in [0.25, 0.3) is 6.08 Å². The van der Waals surface area contributed by atoms with E-state index in [1.54, 1.807) is 13.0 Å². The molecule has 3 heteroatoms. The predicted octanol–water partition coefficient (Wildman–Crippen LogP) is 2.60. The van der Waals surface area contributed by atoms with Crippen LogP contribution in [0.2, 0.25) is 0 Å². The van der Waals surface area contributed by atoms with E-state index in [1.165, 1.54) is 0 Å². The van der Waals surface area contributed by atoms with Gasteiger partial charge in [-0.05, 0) is 43.5 Å². The Morgan fingerprint density at radius 3 is 2.12 bits per heavy atom. The molecule has 84 valence electrons. The minimum atomic E-state index is -0.935. The maximum Gasteiger partial charge on any atom is 0.331 e. The fourth-order valence-corrected chi connectivity index (χ4v) is 1.59. The summed E-state index contributed by atoms with van der Waals surface area (Å²) in [6.45, 7) is 5.22. The number of carbonyl (C=O) groups excluding carboxylic acids is 1. The van der Waals surface area contributed by atoms with Gasteiger partial charge in [0.25, 0.3) is 0 Å². The lowest BCUT2D eigenvalue weighted by Crippen LogP contribution is -1.97. The van der Waals surface area contributed by atoms with E-state index in [2.05, 4.69) is 0 Å². The maximum absolute atomic E-state index is 10.8. The molecule has 0 amide bonds. The Morgan fingerprint density at radius 1 is 1.25 bits per heavy atom. The molecule has 0 radical (unpaired) electrons. The van der Waals surface area contributed by atoms with E-state index >= 15 is 0 Å². The molecule has 0 atom stereocenters. The summed E-state index contributed by atoms with van der Waals surface area (Å²) in [6.07, 6.45) is 2.42. The van der Waals surface area contributed by atoms with Crippen LogP contribution in [0.3, 0.4) is 0 Å². The molecular weight excluding hydrogens is 204 g/mol. The molecule has 0 unspecified atom stereocenters. The SMILES string of the molecule is C/C(=C\c1cc(C)c(C=O)c(C)c1)C(=O)O. The van der Waals surface area contributed by atoms with Gasteiger partial charge in [-0.15, -0.1) is 0 Å². The maximum atomic E-state index is 10.8. The molecule has 3 nitrogen and oxygen atoms in total. The highest BCUT2D eigenvalue weighted by atomic mass is 16.4. The first-order chi connectivity index (χ1) is 7.45. The van der Waals surface area contributed by atoms with Crippen LogP contribution < -0.4 is 0 Å². The first kappa shape index (κ1) is 12.2. The molecule has 0 aliphatic heterocycles. The van der Waals surface area contributed by atoms with Gasteiger partial charge in [-0.2, -0.15) is 0 Å². The van der Waals surface area contributed by atoms with Gasteiger partial charge < -0.3 is 5.11 Å². The number of aliphatic carboxylic acids is 1. The molecule has 1 aromatic rings. The summed E-state index contributed by atoms with van der Waals surface area (Å²) < 4.78 is 0. The van der Waals surface area contributed by atoms with Gasteiger partial charge in [0, 0.05) is 11.1 Å². The van der Waals surface area contributed by atoms with Crippen LogP contribution in [0.5, 0.6) is 0 Å². The van der Waals surface area contributed by atoms with Crippen molar-refractivity contribution >= 4 is 18.3 Å². The van der Waals surface area contributed by atoms with Crippen molar-refractivity contribution in [2.75, 3.05) is 0 Å². The fraction of sp³-hybridized carbons (Fsp3) is 0.231. The second kappa shape index (κ2) is 4.75. The molecule has 1 aromatic carbocycles. The summed E-state index contributed by atoms with van der Waals surface area (Å²) in [5.74, 6) is -0.935. The van der Waals surface area contributed by atoms with Gasteiger partial charge in [0.05, 0.1) is 0 Å². The molecule has 0 aliphatic carbocycles. The molecule has 0 saturated carbocycles. The Bertz CT molecular complexity index is 447. The smallest absolute Gasteiger partial charge is 0.331 e. The molecule has 0 aromatic heterocycles. The first-order valence-corrected chi connectivity index (χ1v) is 4.93. The van der Waals surface area contributed by atoms with Crippen molar-refractivity contribution in [3.63, 3.8) is 0 Å². The van der Waals surface area contributed by atoms with Crippen molar-refractivity contribution in [3.05, 3.63) is 40.0 Å². The Kier molecular flexibility index (Phi) is 3.61. The van der Waals surface area contributed by atoms with Crippen molar-refractivity contribution in [2.45, 2.75) is 20.8 Å². The molecule has 1 rings (SSSR count). The Morgan fingerprint density at radius 2 is 1.75 bits per heavy atom. The van der Waals surface area contributed by atoms with Gasteiger partial charge in [0.2, 0.25) is 0 Å². The number of hydrogen-bond acceptors (Lipinski definition) is 2. The van der Waals surface area contributed by atoms with Crippen molar-refractivity contribution in [1.29, 1.82) is 0 Å². The van der Waals surface area contributed by atoms with Gasteiger partial charge >= 0.3 is 5.97 Å². The number of aldehydes is 1. The van der Waals surface area contributed by atoms with Gasteiger partial charge in [-0.3, -0.25) is 4.79 Å². The summed E-state index contributed by atoms with van der Waals surface area (Å²) in [5, 5.41) is 8.76. The van der Waals surface area contributed by atoms with Crippen LogP contribution in [-0.2, 0) is 4.79 Å². The van der Waals surface area contributed by atoms with Crippen LogP contribution in [-0.4, -0.2) is 17.4 Å². The highest BCUT2D eigenvalue weighted by Crippen LogP contribution is 2.17. The summed E-state index contributed by atoms with van der Waals surface area (Å²) in [6, 6.07) is 3.62. The fourth-order valence-electron chi connectivity index (χ4n) is 1.59. The van der Waals surface area contributed by atoms with Crippen LogP contribution in [0.4, 0.5) is 0 Å². The van der Waals surface area contributed by atoms with Gasteiger partial charge in [0.15, 0.2) is 6.29 Å². The lowest BCUT2D eigenvalue weighted by Gasteiger charge is -2.05. The monoisotopic (exact) mass is 218 g/mol. The minimum absolute atomic E-state index is 0.276. The number of carbonyl (C=O) groups is 2. The van der Waals surface area contributed by atoms with Crippen LogP contribution in [0.1, 0.15) is 34.0 Å². The number of hydrogen-bond donors (Lipinski definition) is 1. The largest absolute Gasteiger partial charge is 0.478 e. The number of benzene rings is 1. The van der Waals surface area contributed by atoms with Crippen molar-refractivity contribution < 1.29 is 14.7 Å². The summed E-state index contributed by atoms with van der Waals surface area (Å²) >= 11 is 0. The molecule has 0 fully saturated rings. The number of aryl methyl sites for hydroxylation is 2. The Labute approximate surface area is 94.4 Å². The molecule has 0 bridgehead atoms. The number of carboxylic acid groups (broad SMARTS) is 1. The Balaban J connectivity index is 3.24. The quantitative estimate of drug-likeness (QED) is 0.626. The van der Waals surface area contributed by atoms with E-state index in [0.29, 0.717) is 5.56 Å². The topological polar surface area (TPSA) is 54.4 Å². The van der Waals surface area contributed by atoms with E-state index in [4.69, 9.17) is 5.11 Å². The highest BCUT2D eigenvalue weighted by molar-refractivity contribution is 5.91. The number of carboxylic acids is 1. The van der Waals surface area contributed by atoms with Gasteiger partial charge in [-0.1, -0.05) is 12.1 Å². The van der Waals surface area contributed by atoms with E-state index in [9.17, 15) is 9.59 Å². The number of rotatable bonds is 3. The van der Waals surface area contributed by atoms with E-state index < -0.39 is 5.97 Å². The average Bonchev–Trinajstić information content (AvgIpc) is 2.16. The normalized spacial score (nSPS) is 11.3. The third kappa shape index (κ3) is 2.57. The van der Waals surface area contributed by atoms with Crippen molar-refractivity contribution in [2.24, 2.45) is 0 Å². The molecule has 0 heterocycles. The van der Waals surface area contributed by atoms with Crippen LogP contribution >= 0.6 is 0 Å². The molecule has 0 spiro atoms.